The molecule has 0 atom stereocenters. The van der Waals surface area contributed by atoms with E-state index in [1.54, 1.807) is 19.2 Å². The van der Waals surface area contributed by atoms with Crippen molar-refractivity contribution < 1.29 is 9.21 Å². The van der Waals surface area contributed by atoms with E-state index in [1.807, 2.05) is 0 Å². The molecule has 2 rings (SSSR count). The molecule has 1 aromatic heterocycles. The monoisotopic (exact) mass is 420 g/mol. The molecule has 0 saturated heterocycles. The lowest BCUT2D eigenvalue weighted by Crippen LogP contribution is -2.44. The SMILES string of the molecule is CN=C(NCc1ccc(C(N)=O)o1)NC1CCC(C)CC1.I. The van der Waals surface area contributed by atoms with Crippen molar-refractivity contribution in [2.24, 2.45) is 16.6 Å². The summed E-state index contributed by atoms with van der Waals surface area (Å²) in [6.07, 6.45) is 4.87. The number of nitrogens with two attached hydrogens (primary N) is 1. The van der Waals surface area contributed by atoms with Crippen LogP contribution in [0.25, 0.3) is 0 Å². The number of carbonyl (C=O) groups excluding carboxylic acids is 1. The van der Waals surface area contributed by atoms with Crippen molar-refractivity contribution in [1.82, 2.24) is 10.6 Å². The van der Waals surface area contributed by atoms with E-state index in [0.717, 1.165) is 11.9 Å². The number of aliphatic imine (C=N–C) groups is 1. The summed E-state index contributed by atoms with van der Waals surface area (Å²) in [4.78, 5) is 15.2. The van der Waals surface area contributed by atoms with Gasteiger partial charge >= 0.3 is 0 Å². The fourth-order valence-electron chi connectivity index (χ4n) is 2.57. The molecule has 0 unspecified atom stereocenters. The zero-order chi connectivity index (χ0) is 15.2. The standard InChI is InChI=1S/C15H24N4O2.HI/c1-10-3-5-11(6-4-10)19-15(17-2)18-9-12-7-8-13(21-12)14(16)20;/h7-8,10-11H,3-6,9H2,1-2H3,(H2,16,20)(H2,17,18,19);1H. The maximum Gasteiger partial charge on any atom is 0.284 e. The van der Waals surface area contributed by atoms with Gasteiger partial charge in [-0.15, -0.1) is 24.0 Å². The minimum absolute atomic E-state index is 0. The molecule has 1 fully saturated rings. The molecule has 1 aliphatic rings. The third-order valence-corrected chi connectivity index (χ3v) is 3.91. The van der Waals surface area contributed by atoms with E-state index in [4.69, 9.17) is 10.2 Å². The average Bonchev–Trinajstić information content (AvgIpc) is 2.94. The van der Waals surface area contributed by atoms with Gasteiger partial charge in [0.2, 0.25) is 0 Å². The molecule has 1 heterocycles. The molecule has 1 saturated carbocycles. The minimum atomic E-state index is -0.555. The van der Waals surface area contributed by atoms with Gasteiger partial charge < -0.3 is 20.8 Å². The molecule has 7 heteroatoms. The van der Waals surface area contributed by atoms with Crippen molar-refractivity contribution in [3.05, 3.63) is 23.7 Å². The quantitative estimate of drug-likeness (QED) is 0.396. The largest absolute Gasteiger partial charge is 0.454 e. The maximum atomic E-state index is 11.0. The average molecular weight is 420 g/mol. The van der Waals surface area contributed by atoms with Crippen LogP contribution in [0.1, 0.15) is 48.9 Å². The molecule has 4 N–H and O–H groups in total. The summed E-state index contributed by atoms with van der Waals surface area (Å²) < 4.78 is 5.32. The van der Waals surface area contributed by atoms with Gasteiger partial charge in [0.1, 0.15) is 5.76 Å². The zero-order valence-corrected chi connectivity index (χ0v) is 15.4. The summed E-state index contributed by atoms with van der Waals surface area (Å²) in [5.74, 6) is 1.86. The number of amides is 1. The lowest BCUT2D eigenvalue weighted by atomic mass is 9.87. The molecule has 22 heavy (non-hydrogen) atoms. The lowest BCUT2D eigenvalue weighted by molar-refractivity contribution is 0.0972. The van der Waals surface area contributed by atoms with Crippen molar-refractivity contribution in [2.45, 2.75) is 45.2 Å². The van der Waals surface area contributed by atoms with Crippen LogP contribution in [0, 0.1) is 5.92 Å². The molecule has 0 aromatic carbocycles. The topological polar surface area (TPSA) is 92.6 Å². The van der Waals surface area contributed by atoms with Crippen molar-refractivity contribution in [3.63, 3.8) is 0 Å². The highest BCUT2D eigenvalue weighted by atomic mass is 127. The summed E-state index contributed by atoms with van der Waals surface area (Å²) in [5, 5.41) is 6.62. The Hall–Kier alpha value is -1.25. The highest BCUT2D eigenvalue weighted by Gasteiger charge is 2.19. The number of hydrogen-bond donors (Lipinski definition) is 3. The first-order chi connectivity index (χ1) is 10.1. The fourth-order valence-corrected chi connectivity index (χ4v) is 2.57. The van der Waals surface area contributed by atoms with Gasteiger partial charge in [-0.1, -0.05) is 6.92 Å². The predicted octanol–water partition coefficient (Wildman–Crippen LogP) is 2.24. The second-order valence-electron chi connectivity index (χ2n) is 5.66. The van der Waals surface area contributed by atoms with Gasteiger partial charge in [-0.2, -0.15) is 0 Å². The van der Waals surface area contributed by atoms with Gasteiger partial charge in [0.05, 0.1) is 6.54 Å². The molecular weight excluding hydrogens is 395 g/mol. The number of nitrogens with zero attached hydrogens (tertiary/aromatic N) is 1. The summed E-state index contributed by atoms with van der Waals surface area (Å²) in [6, 6.07) is 3.80. The number of furan rings is 1. The highest BCUT2D eigenvalue weighted by Crippen LogP contribution is 2.23. The lowest BCUT2D eigenvalue weighted by Gasteiger charge is -2.28. The van der Waals surface area contributed by atoms with Crippen LogP contribution in [0.3, 0.4) is 0 Å². The Balaban J connectivity index is 0.00000242. The second kappa shape index (κ2) is 9.02. The molecule has 1 amide bonds. The first-order valence-corrected chi connectivity index (χ1v) is 7.44. The normalized spacial score (nSPS) is 21.8. The number of carbonyl (C=O) groups is 1. The van der Waals surface area contributed by atoms with Crippen LogP contribution in [0.2, 0.25) is 0 Å². The van der Waals surface area contributed by atoms with E-state index < -0.39 is 5.91 Å². The van der Waals surface area contributed by atoms with Crippen LogP contribution < -0.4 is 16.4 Å². The number of rotatable bonds is 4. The van der Waals surface area contributed by atoms with Crippen molar-refractivity contribution in [3.8, 4) is 0 Å². The molecule has 0 bridgehead atoms. The van der Waals surface area contributed by atoms with Gasteiger partial charge in [0.25, 0.3) is 5.91 Å². The summed E-state index contributed by atoms with van der Waals surface area (Å²) in [7, 11) is 1.75. The molecule has 0 aliphatic heterocycles. The number of halogens is 1. The Morgan fingerprint density at radius 3 is 2.59 bits per heavy atom. The van der Waals surface area contributed by atoms with E-state index >= 15 is 0 Å². The Morgan fingerprint density at radius 1 is 1.36 bits per heavy atom. The summed E-state index contributed by atoms with van der Waals surface area (Å²) in [5.41, 5.74) is 5.15. The third kappa shape index (κ3) is 5.51. The molecule has 6 nitrogen and oxygen atoms in total. The van der Waals surface area contributed by atoms with Crippen LogP contribution in [-0.4, -0.2) is 25.0 Å². The van der Waals surface area contributed by atoms with E-state index in [0.29, 0.717) is 18.3 Å². The summed E-state index contributed by atoms with van der Waals surface area (Å²) in [6.45, 7) is 2.77. The fraction of sp³-hybridized carbons (Fsp3) is 0.600. The number of guanidine groups is 1. The van der Waals surface area contributed by atoms with Crippen molar-refractivity contribution in [1.29, 1.82) is 0 Å². The van der Waals surface area contributed by atoms with E-state index in [9.17, 15) is 4.79 Å². The number of hydrogen-bond acceptors (Lipinski definition) is 3. The Kier molecular flexibility index (Phi) is 7.70. The number of nitrogens with one attached hydrogen (secondary N) is 2. The Morgan fingerprint density at radius 2 is 2.05 bits per heavy atom. The van der Waals surface area contributed by atoms with E-state index in [2.05, 4.69) is 22.5 Å². The predicted molar refractivity (Wildman–Crippen MR) is 97.4 cm³/mol. The van der Waals surface area contributed by atoms with Gasteiger partial charge in [0, 0.05) is 13.1 Å². The van der Waals surface area contributed by atoms with Crippen LogP contribution in [0.5, 0.6) is 0 Å². The zero-order valence-electron chi connectivity index (χ0n) is 13.1. The maximum absolute atomic E-state index is 11.0. The molecular formula is C15H25IN4O2. The smallest absolute Gasteiger partial charge is 0.284 e. The number of primary amides is 1. The van der Waals surface area contributed by atoms with Gasteiger partial charge in [-0.25, -0.2) is 0 Å². The van der Waals surface area contributed by atoms with Crippen molar-refractivity contribution >= 4 is 35.8 Å². The molecule has 1 aromatic rings. The van der Waals surface area contributed by atoms with Crippen LogP contribution in [0.4, 0.5) is 0 Å². The third-order valence-electron chi connectivity index (χ3n) is 3.91. The van der Waals surface area contributed by atoms with Crippen LogP contribution >= 0.6 is 24.0 Å². The van der Waals surface area contributed by atoms with E-state index in [1.165, 1.54) is 25.7 Å². The Bertz CT molecular complexity index is 507. The van der Waals surface area contributed by atoms with Gasteiger partial charge in [0.15, 0.2) is 11.7 Å². The summed E-state index contributed by atoms with van der Waals surface area (Å²) >= 11 is 0. The highest BCUT2D eigenvalue weighted by molar-refractivity contribution is 14.0. The van der Waals surface area contributed by atoms with Crippen LogP contribution in [-0.2, 0) is 6.54 Å². The molecule has 124 valence electrons. The Labute approximate surface area is 148 Å². The molecule has 0 radical (unpaired) electrons. The molecule has 0 spiro atoms. The van der Waals surface area contributed by atoms with Gasteiger partial charge in [-0.05, 0) is 43.7 Å². The van der Waals surface area contributed by atoms with Gasteiger partial charge in [-0.3, -0.25) is 9.79 Å². The van der Waals surface area contributed by atoms with Crippen LogP contribution in [0.15, 0.2) is 21.5 Å². The molecule has 1 aliphatic carbocycles. The second-order valence-corrected chi connectivity index (χ2v) is 5.66. The minimum Gasteiger partial charge on any atom is -0.454 e. The first-order valence-electron chi connectivity index (χ1n) is 7.44. The van der Waals surface area contributed by atoms with Crippen molar-refractivity contribution in [2.75, 3.05) is 7.05 Å². The van der Waals surface area contributed by atoms with E-state index in [-0.39, 0.29) is 29.7 Å². The first kappa shape index (κ1) is 18.8.